The van der Waals surface area contributed by atoms with Gasteiger partial charge < -0.3 is 4.74 Å². The van der Waals surface area contributed by atoms with E-state index in [4.69, 9.17) is 4.74 Å². The molecule has 3 rings (SSSR count). The topological polar surface area (TPSA) is 9.23 Å². The first kappa shape index (κ1) is 22.1. The van der Waals surface area contributed by atoms with Gasteiger partial charge in [0.15, 0.2) is 0 Å². The van der Waals surface area contributed by atoms with Gasteiger partial charge in [0.25, 0.3) is 0 Å². The number of benzene rings is 3. The quantitative estimate of drug-likeness (QED) is 0.316. The summed E-state index contributed by atoms with van der Waals surface area (Å²) in [6.45, 7) is 7.15. The van der Waals surface area contributed by atoms with Crippen LogP contribution in [0.25, 0.3) is 0 Å². The van der Waals surface area contributed by atoms with Crippen LogP contribution in [0.15, 0.2) is 66.7 Å². The van der Waals surface area contributed by atoms with Gasteiger partial charge >= 0.3 is 0 Å². The Hall–Kier alpha value is -2.61. The van der Waals surface area contributed by atoms with Crippen LogP contribution >= 0.6 is 0 Å². The number of ether oxygens (including phenoxy) is 1. The summed E-state index contributed by atoms with van der Waals surface area (Å²) < 4.78 is 19.8. The van der Waals surface area contributed by atoms with E-state index < -0.39 is 0 Å². The lowest BCUT2D eigenvalue weighted by molar-refractivity contribution is 0.301. The molecule has 0 heterocycles. The van der Waals surface area contributed by atoms with Crippen LogP contribution in [-0.4, -0.2) is 6.61 Å². The first-order chi connectivity index (χ1) is 14.5. The maximum Gasteiger partial charge on any atom is 0.123 e. The minimum atomic E-state index is -0.166. The molecule has 1 nitrogen and oxygen atoms in total. The molecule has 0 fully saturated rings. The zero-order valence-corrected chi connectivity index (χ0v) is 18.5. The summed E-state index contributed by atoms with van der Waals surface area (Å²) in [5.74, 6) is 1.03. The van der Waals surface area contributed by atoms with Gasteiger partial charge in [-0.1, -0.05) is 55.8 Å². The molecule has 1 atom stereocenters. The van der Waals surface area contributed by atoms with Crippen molar-refractivity contribution in [3.05, 3.63) is 100 Å². The molecule has 0 saturated carbocycles. The average Bonchev–Trinajstić information content (AvgIpc) is 2.74. The summed E-state index contributed by atoms with van der Waals surface area (Å²) in [5, 5.41) is 0. The van der Waals surface area contributed by atoms with Gasteiger partial charge in [0.05, 0.1) is 6.61 Å². The number of hydrogen-bond donors (Lipinski definition) is 0. The van der Waals surface area contributed by atoms with Gasteiger partial charge in [0.2, 0.25) is 0 Å². The van der Waals surface area contributed by atoms with Crippen LogP contribution in [0.5, 0.6) is 5.75 Å². The van der Waals surface area contributed by atoms with Gasteiger partial charge in [-0.3, -0.25) is 0 Å². The standard InChI is InChI=1S/C28H33FO/c1-4-7-23-13-15-28(16-14-23)30-17-6-9-25(26-8-5-10-27(29)20-26)19-24-12-11-21(2)22(3)18-24/h5,8,10-16,18,20,25H,4,6-7,9,17,19H2,1-3H3. The van der Waals surface area contributed by atoms with E-state index in [1.165, 1.54) is 28.3 Å². The molecule has 0 amide bonds. The number of hydrogen-bond acceptors (Lipinski definition) is 1. The number of halogens is 1. The molecule has 30 heavy (non-hydrogen) atoms. The highest BCUT2D eigenvalue weighted by Crippen LogP contribution is 2.27. The van der Waals surface area contributed by atoms with Crippen molar-refractivity contribution in [1.82, 2.24) is 0 Å². The van der Waals surface area contributed by atoms with E-state index in [9.17, 15) is 4.39 Å². The number of rotatable bonds is 10. The van der Waals surface area contributed by atoms with Crippen molar-refractivity contribution in [3.8, 4) is 5.75 Å². The normalized spacial score (nSPS) is 12.0. The molecule has 0 bridgehead atoms. The molecule has 0 radical (unpaired) electrons. The van der Waals surface area contributed by atoms with Gasteiger partial charge in [-0.05, 0) is 97.5 Å². The third kappa shape index (κ3) is 6.45. The Bertz CT molecular complexity index is 930. The Morgan fingerprint density at radius 3 is 2.33 bits per heavy atom. The van der Waals surface area contributed by atoms with Crippen LogP contribution in [-0.2, 0) is 12.8 Å². The summed E-state index contributed by atoms with van der Waals surface area (Å²) in [6, 6.07) is 22.1. The molecule has 0 aromatic heterocycles. The Morgan fingerprint density at radius 2 is 1.63 bits per heavy atom. The fourth-order valence-corrected chi connectivity index (χ4v) is 3.92. The molecule has 0 N–H and O–H groups in total. The maximum atomic E-state index is 13.9. The van der Waals surface area contributed by atoms with Crippen LogP contribution in [0, 0.1) is 19.7 Å². The summed E-state index contributed by atoms with van der Waals surface area (Å²) in [7, 11) is 0. The van der Waals surface area contributed by atoms with Crippen molar-refractivity contribution in [2.45, 2.75) is 58.8 Å². The highest BCUT2D eigenvalue weighted by molar-refractivity contribution is 5.32. The van der Waals surface area contributed by atoms with E-state index in [1.54, 1.807) is 6.07 Å². The number of aryl methyl sites for hydroxylation is 3. The Balaban J connectivity index is 1.61. The van der Waals surface area contributed by atoms with Crippen molar-refractivity contribution >= 4 is 0 Å². The van der Waals surface area contributed by atoms with E-state index in [0.29, 0.717) is 6.61 Å². The van der Waals surface area contributed by atoms with Gasteiger partial charge in [0.1, 0.15) is 11.6 Å². The fraction of sp³-hybridized carbons (Fsp3) is 0.357. The molecule has 1 unspecified atom stereocenters. The highest BCUT2D eigenvalue weighted by atomic mass is 19.1. The van der Waals surface area contributed by atoms with Crippen LogP contribution in [0.4, 0.5) is 4.39 Å². The van der Waals surface area contributed by atoms with E-state index in [-0.39, 0.29) is 11.7 Å². The molecule has 0 aliphatic carbocycles. The molecular weight excluding hydrogens is 371 g/mol. The van der Waals surface area contributed by atoms with Crippen molar-refractivity contribution in [2.75, 3.05) is 6.61 Å². The molecular formula is C28H33FO. The van der Waals surface area contributed by atoms with Crippen LogP contribution < -0.4 is 4.74 Å². The molecule has 0 aliphatic heterocycles. The second kappa shape index (κ2) is 11.0. The Kier molecular flexibility index (Phi) is 8.07. The maximum absolute atomic E-state index is 13.9. The van der Waals surface area contributed by atoms with Crippen molar-refractivity contribution in [1.29, 1.82) is 0 Å². The Morgan fingerprint density at radius 1 is 0.867 bits per heavy atom. The Labute approximate surface area is 180 Å². The van der Waals surface area contributed by atoms with Crippen molar-refractivity contribution < 1.29 is 9.13 Å². The van der Waals surface area contributed by atoms with Gasteiger partial charge in [0, 0.05) is 0 Å². The zero-order valence-electron chi connectivity index (χ0n) is 18.5. The molecule has 0 spiro atoms. The van der Waals surface area contributed by atoms with Gasteiger partial charge in [-0.15, -0.1) is 0 Å². The molecule has 0 aliphatic rings. The van der Waals surface area contributed by atoms with Crippen molar-refractivity contribution in [2.24, 2.45) is 0 Å². The molecule has 3 aromatic rings. The monoisotopic (exact) mass is 404 g/mol. The SMILES string of the molecule is CCCc1ccc(OCCCC(Cc2ccc(C)c(C)c2)c2cccc(F)c2)cc1. The third-order valence-electron chi connectivity index (χ3n) is 5.80. The molecule has 2 heteroatoms. The molecule has 158 valence electrons. The van der Waals surface area contributed by atoms with E-state index in [1.807, 2.05) is 12.1 Å². The second-order valence-electron chi connectivity index (χ2n) is 8.26. The third-order valence-corrected chi connectivity index (χ3v) is 5.80. The van der Waals surface area contributed by atoms with Crippen molar-refractivity contribution in [3.63, 3.8) is 0 Å². The second-order valence-corrected chi connectivity index (χ2v) is 8.26. The predicted molar refractivity (Wildman–Crippen MR) is 124 cm³/mol. The first-order valence-electron chi connectivity index (χ1n) is 11.1. The summed E-state index contributed by atoms with van der Waals surface area (Å²) in [6.07, 6.45) is 5.07. The van der Waals surface area contributed by atoms with E-state index in [2.05, 4.69) is 63.2 Å². The predicted octanol–water partition coefficient (Wildman–Crippen LogP) is 7.58. The lowest BCUT2D eigenvalue weighted by atomic mass is 9.87. The largest absolute Gasteiger partial charge is 0.494 e. The van der Waals surface area contributed by atoms with Crippen LogP contribution in [0.1, 0.15) is 59.9 Å². The molecule has 3 aromatic carbocycles. The first-order valence-corrected chi connectivity index (χ1v) is 11.1. The van der Waals surface area contributed by atoms with Gasteiger partial charge in [-0.2, -0.15) is 0 Å². The summed E-state index contributed by atoms with van der Waals surface area (Å²) >= 11 is 0. The minimum absolute atomic E-state index is 0.166. The zero-order chi connectivity index (χ0) is 21.3. The minimum Gasteiger partial charge on any atom is -0.494 e. The lowest BCUT2D eigenvalue weighted by Crippen LogP contribution is -2.07. The summed E-state index contributed by atoms with van der Waals surface area (Å²) in [4.78, 5) is 0. The molecule has 0 saturated heterocycles. The van der Waals surface area contributed by atoms with Crippen LogP contribution in [0.2, 0.25) is 0 Å². The van der Waals surface area contributed by atoms with Crippen LogP contribution in [0.3, 0.4) is 0 Å². The smallest absolute Gasteiger partial charge is 0.123 e. The highest BCUT2D eigenvalue weighted by Gasteiger charge is 2.14. The average molecular weight is 405 g/mol. The fourth-order valence-electron chi connectivity index (χ4n) is 3.92. The van der Waals surface area contributed by atoms with E-state index in [0.717, 1.165) is 43.4 Å². The summed E-state index contributed by atoms with van der Waals surface area (Å²) in [5.41, 5.74) is 6.33. The van der Waals surface area contributed by atoms with Gasteiger partial charge in [-0.25, -0.2) is 4.39 Å². The lowest BCUT2D eigenvalue weighted by Gasteiger charge is -2.19. The van der Waals surface area contributed by atoms with E-state index >= 15 is 0 Å².